The lowest BCUT2D eigenvalue weighted by molar-refractivity contribution is 0.523. The van der Waals surface area contributed by atoms with Gasteiger partial charge in [0.1, 0.15) is 22.5 Å². The molecule has 0 atom stereocenters. The highest BCUT2D eigenvalue weighted by Gasteiger charge is 2.55. The molecule has 0 amide bonds. The van der Waals surface area contributed by atoms with Gasteiger partial charge in [-0.2, -0.15) is 0 Å². The van der Waals surface area contributed by atoms with Crippen LogP contribution in [-0.4, -0.2) is 22.8 Å². The van der Waals surface area contributed by atoms with E-state index in [-0.39, 0.29) is 51.6 Å². The van der Waals surface area contributed by atoms with Crippen LogP contribution in [0.2, 0.25) is 0 Å². The third-order valence-corrected chi connectivity index (χ3v) is 27.0. The summed E-state index contributed by atoms with van der Waals surface area (Å²) in [4.78, 5) is 5.26. The minimum Gasteiger partial charge on any atom is -0.466 e. The molecule has 0 unspecified atom stereocenters. The summed E-state index contributed by atoms with van der Waals surface area (Å²) in [6, 6.07) is 85.0. The number of hydrogen-bond donors (Lipinski definition) is 0. The predicted octanol–water partition coefficient (Wildman–Crippen LogP) is 24.2. The summed E-state index contributed by atoms with van der Waals surface area (Å²) in [7, 11) is 0. The molecule has 538 valence electrons. The SMILES string of the molecule is CC(C)(C)c1ccc(N2B3c4oc5ccc(C(C)(C)C)cc5c4-n4c5ccc(C(C)(C)Cc6ccc7c(c6)-c6c8c9c%10c(c6C7(C)C)c6ccccc6n%10-c6c(oc7ccc(C(C)(C)C)cc67)B9N(c6ccccc6)c6ccccc6-8)cc5c5c6c(c(c3c54)-c3cc(C(C)(C)C)ccc32)-c2ccccc2C6(C)C)cc1. The number of nitrogens with zero attached hydrogens (tertiary/aromatic N) is 4. The van der Waals surface area contributed by atoms with Gasteiger partial charge < -0.3 is 27.6 Å². The van der Waals surface area contributed by atoms with Gasteiger partial charge in [0.25, 0.3) is 0 Å². The lowest BCUT2D eigenvalue weighted by Crippen LogP contribution is -2.60. The number of benzene rings is 12. The third kappa shape index (κ3) is 8.53. The standard InChI is InChI=1S/C102H92B2N4O2/c1-96(2,3)57-37-43-63(44-38-57)108-77-47-39-58(97(4,5)6)51-69(77)83-80-64-30-22-25-33-72(64)101(15,16)86(80)85-68-54-61(40-46-75(68)106-91-71-53-60(99(10,11)12)42-49-79(71)110-95(91)104(108)89(83)93(85)106)100(13,14)55-56-36-45-73-67(50-56)81-82-66-32-24-27-35-76(66)107(62-28-20-19-21-29-62)103-88(82)92-84(87(81)102(73,17)18)65-31-23-26-34-74(65)105(92)90-70-52-59(98(7,8)9)41-48-78(70)109-94(90)103/h19-54H,55H2,1-18H3. The first-order chi connectivity index (χ1) is 52.4. The van der Waals surface area contributed by atoms with Crippen LogP contribution in [0.15, 0.2) is 227 Å². The van der Waals surface area contributed by atoms with Crippen molar-refractivity contribution >= 4 is 124 Å². The molecule has 0 N–H and O–H groups in total. The molecule has 110 heavy (non-hydrogen) atoms. The Labute approximate surface area is 646 Å². The zero-order chi connectivity index (χ0) is 75.6. The molecule has 4 aliphatic heterocycles. The van der Waals surface area contributed by atoms with Crippen molar-refractivity contribution in [2.45, 2.75) is 169 Å². The van der Waals surface area contributed by atoms with Gasteiger partial charge >= 0.3 is 13.7 Å². The highest BCUT2D eigenvalue weighted by Crippen LogP contribution is 2.63. The van der Waals surface area contributed by atoms with Crippen LogP contribution in [0.3, 0.4) is 0 Å². The quantitative estimate of drug-likeness (QED) is 0.161. The van der Waals surface area contributed by atoms with E-state index in [9.17, 15) is 0 Å². The monoisotopic (exact) mass is 1430 g/mol. The second kappa shape index (κ2) is 21.3. The Balaban J connectivity index is 0.785. The summed E-state index contributed by atoms with van der Waals surface area (Å²) in [5.74, 6) is 0. The van der Waals surface area contributed by atoms with E-state index >= 15 is 0 Å². The molecule has 8 heterocycles. The van der Waals surface area contributed by atoms with Crippen molar-refractivity contribution in [3.8, 4) is 55.9 Å². The zero-order valence-corrected chi connectivity index (χ0v) is 66.8. The van der Waals surface area contributed by atoms with Gasteiger partial charge in [0, 0.05) is 77.0 Å². The van der Waals surface area contributed by atoms with Crippen LogP contribution in [0.4, 0.5) is 22.7 Å². The average molecular weight is 1430 g/mol. The molecule has 0 saturated carbocycles. The molecule has 6 nitrogen and oxygen atoms in total. The number of rotatable bonds is 5. The summed E-state index contributed by atoms with van der Waals surface area (Å²) < 4.78 is 20.6. The van der Waals surface area contributed by atoms with Crippen LogP contribution in [-0.2, 0) is 44.3 Å². The highest BCUT2D eigenvalue weighted by atomic mass is 16.3. The molecule has 8 heteroatoms. The molecule has 2 aliphatic carbocycles. The van der Waals surface area contributed by atoms with Gasteiger partial charge in [-0.25, -0.2) is 0 Å². The van der Waals surface area contributed by atoms with Crippen molar-refractivity contribution in [1.29, 1.82) is 0 Å². The Morgan fingerprint density at radius 2 is 0.800 bits per heavy atom. The number of anilines is 4. The van der Waals surface area contributed by atoms with Crippen LogP contribution in [0, 0.1) is 0 Å². The maximum atomic E-state index is 7.71. The summed E-state index contributed by atoms with van der Waals surface area (Å²) in [5.41, 5.74) is 40.9. The van der Waals surface area contributed by atoms with Gasteiger partial charge in [0.15, 0.2) is 0 Å². The van der Waals surface area contributed by atoms with Crippen molar-refractivity contribution in [2.75, 3.05) is 9.62 Å². The fraction of sp³-hybridized carbons (Fsp3) is 0.255. The summed E-state index contributed by atoms with van der Waals surface area (Å²) in [5, 5.41) is 7.55. The van der Waals surface area contributed by atoms with Crippen LogP contribution in [0.25, 0.3) is 121 Å². The van der Waals surface area contributed by atoms with Gasteiger partial charge in [-0.3, -0.25) is 0 Å². The van der Waals surface area contributed by atoms with Gasteiger partial charge in [-0.1, -0.05) is 258 Å². The van der Waals surface area contributed by atoms with Gasteiger partial charge in [-0.05, 0) is 218 Å². The fourth-order valence-corrected chi connectivity index (χ4v) is 21.5. The van der Waals surface area contributed by atoms with E-state index in [0.717, 1.165) is 62.4 Å². The first-order valence-electron chi connectivity index (χ1n) is 40.1. The van der Waals surface area contributed by atoms with E-state index in [2.05, 4.69) is 362 Å². The second-order valence-electron chi connectivity index (χ2n) is 38.9. The molecule has 0 fully saturated rings. The number of fused-ring (bicyclic) bond motifs is 30. The van der Waals surface area contributed by atoms with E-state index in [4.69, 9.17) is 8.83 Å². The third-order valence-electron chi connectivity index (χ3n) is 27.0. The Kier molecular flexibility index (Phi) is 12.8. The van der Waals surface area contributed by atoms with Gasteiger partial charge in [0.2, 0.25) is 0 Å². The predicted molar refractivity (Wildman–Crippen MR) is 466 cm³/mol. The van der Waals surface area contributed by atoms with Crippen LogP contribution in [0.5, 0.6) is 0 Å². The smallest absolute Gasteiger partial charge is 0.375 e. The number of para-hydroxylation sites is 3. The van der Waals surface area contributed by atoms with Gasteiger partial charge in [0.05, 0.1) is 33.4 Å². The average Bonchev–Trinajstić information content (AvgIpc) is 1.48. The molecule has 0 radical (unpaired) electrons. The lowest BCUT2D eigenvalue weighted by Gasteiger charge is -2.42. The molecule has 12 aromatic carbocycles. The highest BCUT2D eigenvalue weighted by molar-refractivity contribution is 6.94. The van der Waals surface area contributed by atoms with Crippen LogP contribution < -0.4 is 31.9 Å². The minimum atomic E-state index is -0.365. The van der Waals surface area contributed by atoms with E-state index in [0.29, 0.717) is 0 Å². The minimum absolute atomic E-state index is 0.0202. The van der Waals surface area contributed by atoms with Crippen molar-refractivity contribution < 1.29 is 8.83 Å². The zero-order valence-electron chi connectivity index (χ0n) is 66.8. The first kappa shape index (κ1) is 66.1. The Bertz CT molecular complexity index is 6830. The fourth-order valence-electron chi connectivity index (χ4n) is 21.5. The molecule has 4 aromatic heterocycles. The largest absolute Gasteiger partial charge is 0.466 e. The first-order valence-corrected chi connectivity index (χ1v) is 40.1. The molecule has 0 spiro atoms. The number of hydrogen-bond acceptors (Lipinski definition) is 4. The van der Waals surface area contributed by atoms with Crippen molar-refractivity contribution in [2.24, 2.45) is 0 Å². The van der Waals surface area contributed by atoms with E-state index in [1.54, 1.807) is 0 Å². The van der Waals surface area contributed by atoms with Crippen LogP contribution >= 0.6 is 0 Å². The van der Waals surface area contributed by atoms with E-state index in [1.165, 1.54) is 166 Å². The van der Waals surface area contributed by atoms with Crippen molar-refractivity contribution in [3.05, 3.63) is 274 Å². The molecule has 0 saturated heterocycles. The van der Waals surface area contributed by atoms with Crippen LogP contribution in [0.1, 0.15) is 180 Å². The summed E-state index contributed by atoms with van der Waals surface area (Å²) >= 11 is 0. The molecule has 22 rings (SSSR count). The normalized spacial score (nSPS) is 15.5. The summed E-state index contributed by atoms with van der Waals surface area (Å²) in [6.45, 7) is 42.5. The Hall–Kier alpha value is -11.0. The molecular weight excluding hydrogens is 1330 g/mol. The van der Waals surface area contributed by atoms with Crippen molar-refractivity contribution in [3.63, 3.8) is 0 Å². The van der Waals surface area contributed by atoms with Crippen molar-refractivity contribution in [1.82, 2.24) is 9.13 Å². The Morgan fingerprint density at radius 3 is 1.41 bits per heavy atom. The second-order valence-corrected chi connectivity index (χ2v) is 38.9. The summed E-state index contributed by atoms with van der Waals surface area (Å²) in [6.07, 6.45) is 0.818. The number of furan rings is 2. The maximum absolute atomic E-state index is 7.71. The topological polar surface area (TPSA) is 42.6 Å². The molecular formula is C102H92B2N4O2. The van der Waals surface area contributed by atoms with E-state index < -0.39 is 0 Å². The molecule has 16 aromatic rings. The van der Waals surface area contributed by atoms with E-state index in [1.807, 2.05) is 0 Å². The maximum Gasteiger partial charge on any atom is 0.375 e. The van der Waals surface area contributed by atoms with Gasteiger partial charge in [-0.15, -0.1) is 0 Å². The molecule has 0 bridgehead atoms. The Morgan fingerprint density at radius 1 is 0.345 bits per heavy atom. The molecule has 6 aliphatic rings. The number of aromatic nitrogens is 2. The lowest BCUT2D eigenvalue weighted by atomic mass is 9.45.